The van der Waals surface area contributed by atoms with Crippen LogP contribution in [-0.2, 0) is 6.42 Å². The van der Waals surface area contributed by atoms with E-state index < -0.39 is 0 Å². The topological polar surface area (TPSA) is 75.3 Å². The summed E-state index contributed by atoms with van der Waals surface area (Å²) >= 11 is 0. The molecule has 1 amide bonds. The van der Waals surface area contributed by atoms with E-state index in [4.69, 9.17) is 10.8 Å². The van der Waals surface area contributed by atoms with E-state index in [0.717, 1.165) is 23.2 Å². The monoisotopic (exact) mass is 284 g/mol. The van der Waals surface area contributed by atoms with Gasteiger partial charge in [-0.1, -0.05) is 18.2 Å². The third-order valence-corrected chi connectivity index (χ3v) is 3.35. The van der Waals surface area contributed by atoms with Gasteiger partial charge in [-0.25, -0.2) is 0 Å². The fourth-order valence-corrected chi connectivity index (χ4v) is 2.07. The summed E-state index contributed by atoms with van der Waals surface area (Å²) in [6, 6.07) is 12.9. The van der Waals surface area contributed by atoms with Crippen molar-refractivity contribution in [2.75, 3.05) is 17.7 Å². The largest absolute Gasteiger partial charge is 0.398 e. The zero-order valence-electron chi connectivity index (χ0n) is 12.1. The number of carbonyl (C=O) groups excluding carboxylic acids is 1. The second-order valence-electron chi connectivity index (χ2n) is 5.05. The van der Waals surface area contributed by atoms with Crippen LogP contribution < -0.4 is 11.1 Å². The predicted octanol–water partition coefficient (Wildman–Crippen LogP) is 2.75. The average Bonchev–Trinajstić information content (AvgIpc) is 2.48. The van der Waals surface area contributed by atoms with Crippen LogP contribution >= 0.6 is 0 Å². The number of aliphatic hydroxyl groups excluding tert-OH is 1. The van der Waals surface area contributed by atoms with Gasteiger partial charge in [0.1, 0.15) is 0 Å². The van der Waals surface area contributed by atoms with Gasteiger partial charge in [0.2, 0.25) is 0 Å². The first-order chi connectivity index (χ1) is 10.1. The molecule has 0 saturated carbocycles. The molecular weight excluding hydrogens is 264 g/mol. The van der Waals surface area contributed by atoms with Crippen LogP contribution in [0, 0.1) is 6.92 Å². The molecule has 0 saturated heterocycles. The van der Waals surface area contributed by atoms with Crippen LogP contribution in [0.5, 0.6) is 0 Å². The minimum atomic E-state index is -0.180. The summed E-state index contributed by atoms with van der Waals surface area (Å²) in [4.78, 5) is 12.2. The molecule has 0 aliphatic heterocycles. The molecule has 0 heterocycles. The molecule has 2 rings (SSSR count). The molecule has 2 aromatic rings. The highest BCUT2D eigenvalue weighted by molar-refractivity contribution is 6.04. The van der Waals surface area contributed by atoms with Crippen LogP contribution in [0.15, 0.2) is 42.5 Å². The first-order valence-electron chi connectivity index (χ1n) is 6.97. The first kappa shape index (κ1) is 15.1. The number of rotatable bonds is 5. The maximum atomic E-state index is 12.2. The molecule has 110 valence electrons. The Balaban J connectivity index is 2.10. The van der Waals surface area contributed by atoms with E-state index in [-0.39, 0.29) is 12.5 Å². The molecule has 0 unspecified atom stereocenters. The van der Waals surface area contributed by atoms with Crippen LogP contribution in [0.1, 0.15) is 27.9 Å². The van der Waals surface area contributed by atoms with Crippen LogP contribution in [0.2, 0.25) is 0 Å². The summed E-state index contributed by atoms with van der Waals surface area (Å²) in [5.74, 6) is -0.180. The van der Waals surface area contributed by atoms with Crippen molar-refractivity contribution in [3.8, 4) is 0 Å². The number of carbonyl (C=O) groups is 1. The minimum absolute atomic E-state index is 0.166. The third kappa shape index (κ3) is 4.07. The fourth-order valence-electron chi connectivity index (χ4n) is 2.07. The van der Waals surface area contributed by atoms with E-state index in [1.165, 1.54) is 0 Å². The van der Waals surface area contributed by atoms with Crippen molar-refractivity contribution in [2.45, 2.75) is 19.8 Å². The molecule has 2 aromatic carbocycles. The normalized spacial score (nSPS) is 10.4. The Morgan fingerprint density at radius 3 is 2.76 bits per heavy atom. The Morgan fingerprint density at radius 1 is 1.24 bits per heavy atom. The van der Waals surface area contributed by atoms with Gasteiger partial charge >= 0.3 is 0 Å². The Hall–Kier alpha value is -2.33. The van der Waals surface area contributed by atoms with Crippen molar-refractivity contribution in [2.24, 2.45) is 0 Å². The zero-order chi connectivity index (χ0) is 15.2. The van der Waals surface area contributed by atoms with Gasteiger partial charge in [0, 0.05) is 23.5 Å². The number of hydrogen-bond acceptors (Lipinski definition) is 3. The van der Waals surface area contributed by atoms with Gasteiger partial charge in [-0.3, -0.25) is 4.79 Å². The van der Waals surface area contributed by atoms with Gasteiger partial charge in [-0.05, 0) is 55.2 Å². The molecule has 4 nitrogen and oxygen atoms in total. The van der Waals surface area contributed by atoms with Gasteiger partial charge in [0.25, 0.3) is 5.91 Å². The Morgan fingerprint density at radius 2 is 2.05 bits per heavy atom. The number of hydrogen-bond donors (Lipinski definition) is 3. The van der Waals surface area contributed by atoms with Crippen molar-refractivity contribution in [1.82, 2.24) is 0 Å². The van der Waals surface area contributed by atoms with Gasteiger partial charge < -0.3 is 16.2 Å². The van der Waals surface area contributed by atoms with Gasteiger partial charge in [-0.15, -0.1) is 0 Å². The van der Waals surface area contributed by atoms with E-state index in [2.05, 4.69) is 5.32 Å². The molecule has 0 atom stereocenters. The predicted molar refractivity (Wildman–Crippen MR) is 85.4 cm³/mol. The number of benzene rings is 2. The summed E-state index contributed by atoms with van der Waals surface area (Å²) in [7, 11) is 0. The third-order valence-electron chi connectivity index (χ3n) is 3.35. The van der Waals surface area contributed by atoms with E-state index in [1.807, 2.05) is 37.3 Å². The summed E-state index contributed by atoms with van der Waals surface area (Å²) in [6.45, 7) is 2.07. The van der Waals surface area contributed by atoms with E-state index >= 15 is 0 Å². The van der Waals surface area contributed by atoms with Crippen molar-refractivity contribution in [3.05, 3.63) is 59.2 Å². The maximum Gasteiger partial charge on any atom is 0.255 e. The Kier molecular flexibility index (Phi) is 4.95. The lowest BCUT2D eigenvalue weighted by Crippen LogP contribution is -2.12. The van der Waals surface area contributed by atoms with Gasteiger partial charge in [0.05, 0.1) is 0 Å². The van der Waals surface area contributed by atoms with Crippen molar-refractivity contribution in [1.29, 1.82) is 0 Å². The standard InChI is InChI=1S/C17H20N2O2/c1-12-7-8-14(11-16(12)18)17(21)19-15-6-2-4-13(10-15)5-3-9-20/h2,4,6-8,10-11,20H,3,5,9,18H2,1H3,(H,19,21). The highest BCUT2D eigenvalue weighted by Gasteiger charge is 2.07. The molecule has 0 aromatic heterocycles. The van der Waals surface area contributed by atoms with Crippen LogP contribution in [0.3, 0.4) is 0 Å². The van der Waals surface area contributed by atoms with Crippen LogP contribution in [0.25, 0.3) is 0 Å². The number of aliphatic hydroxyl groups is 1. The molecular formula is C17H20N2O2. The van der Waals surface area contributed by atoms with E-state index in [0.29, 0.717) is 17.7 Å². The number of anilines is 2. The second-order valence-corrected chi connectivity index (χ2v) is 5.05. The van der Waals surface area contributed by atoms with Crippen LogP contribution in [-0.4, -0.2) is 17.6 Å². The second kappa shape index (κ2) is 6.90. The van der Waals surface area contributed by atoms with Crippen molar-refractivity contribution < 1.29 is 9.90 Å². The Labute approximate surface area is 124 Å². The molecule has 0 radical (unpaired) electrons. The molecule has 0 aliphatic carbocycles. The fraction of sp³-hybridized carbons (Fsp3) is 0.235. The van der Waals surface area contributed by atoms with E-state index in [9.17, 15) is 4.79 Å². The van der Waals surface area contributed by atoms with E-state index in [1.54, 1.807) is 12.1 Å². The molecule has 4 N–H and O–H groups in total. The SMILES string of the molecule is Cc1ccc(C(=O)Nc2cccc(CCCO)c2)cc1N. The maximum absolute atomic E-state index is 12.2. The number of aryl methyl sites for hydroxylation is 2. The highest BCUT2D eigenvalue weighted by Crippen LogP contribution is 2.16. The average molecular weight is 284 g/mol. The molecule has 21 heavy (non-hydrogen) atoms. The summed E-state index contributed by atoms with van der Waals surface area (Å²) in [5, 5.41) is 11.7. The quantitative estimate of drug-likeness (QED) is 0.739. The summed E-state index contributed by atoms with van der Waals surface area (Å²) in [5.41, 5.74) is 9.77. The molecule has 0 spiro atoms. The molecule has 0 fully saturated rings. The van der Waals surface area contributed by atoms with Crippen molar-refractivity contribution >= 4 is 17.3 Å². The lowest BCUT2D eigenvalue weighted by atomic mass is 10.1. The van der Waals surface area contributed by atoms with Gasteiger partial charge in [0.15, 0.2) is 0 Å². The highest BCUT2D eigenvalue weighted by atomic mass is 16.2. The number of nitrogens with one attached hydrogen (secondary N) is 1. The number of nitrogens with two attached hydrogens (primary N) is 1. The molecule has 0 aliphatic rings. The zero-order valence-corrected chi connectivity index (χ0v) is 12.1. The number of nitrogen functional groups attached to an aromatic ring is 1. The smallest absolute Gasteiger partial charge is 0.255 e. The summed E-state index contributed by atoms with van der Waals surface area (Å²) < 4.78 is 0. The summed E-state index contributed by atoms with van der Waals surface area (Å²) in [6.07, 6.45) is 1.50. The lowest BCUT2D eigenvalue weighted by molar-refractivity contribution is 0.102. The Bertz CT molecular complexity index is 638. The lowest BCUT2D eigenvalue weighted by Gasteiger charge is -2.08. The minimum Gasteiger partial charge on any atom is -0.398 e. The van der Waals surface area contributed by atoms with Crippen LogP contribution in [0.4, 0.5) is 11.4 Å². The van der Waals surface area contributed by atoms with Gasteiger partial charge in [-0.2, -0.15) is 0 Å². The molecule has 4 heteroatoms. The molecule has 0 bridgehead atoms. The first-order valence-corrected chi connectivity index (χ1v) is 6.97. The van der Waals surface area contributed by atoms with Crippen molar-refractivity contribution in [3.63, 3.8) is 0 Å². The number of amides is 1.